The SMILES string of the molecule is CCCn1c(-c2ccc(Br)c(F)c2)nnc1S(=O)(=O)Cl. The lowest BCUT2D eigenvalue weighted by atomic mass is 10.2. The average Bonchev–Trinajstić information content (AvgIpc) is 2.77. The molecule has 0 unspecified atom stereocenters. The van der Waals surface area contributed by atoms with E-state index in [2.05, 4.69) is 26.1 Å². The van der Waals surface area contributed by atoms with Gasteiger partial charge in [-0.2, -0.15) is 0 Å². The Kier molecular flexibility index (Phi) is 4.46. The Morgan fingerprint density at radius 3 is 2.65 bits per heavy atom. The number of benzene rings is 1. The fourth-order valence-electron chi connectivity index (χ4n) is 1.74. The molecule has 0 saturated carbocycles. The molecule has 0 saturated heterocycles. The van der Waals surface area contributed by atoms with Crippen molar-refractivity contribution in [2.45, 2.75) is 25.0 Å². The van der Waals surface area contributed by atoms with Gasteiger partial charge in [-0.05, 0) is 40.5 Å². The van der Waals surface area contributed by atoms with Crippen molar-refractivity contribution in [3.8, 4) is 11.4 Å². The van der Waals surface area contributed by atoms with E-state index in [4.69, 9.17) is 10.7 Å². The molecular weight excluding hydrogens is 373 g/mol. The Labute approximate surface area is 128 Å². The standard InChI is InChI=1S/C11H10BrClFN3O2S/c1-2-5-17-10(15-16-11(17)20(13,18)19)7-3-4-8(12)9(14)6-7/h3-4,6H,2,5H2,1H3. The molecule has 9 heteroatoms. The molecule has 0 bridgehead atoms. The van der Waals surface area contributed by atoms with Gasteiger partial charge < -0.3 is 0 Å². The summed E-state index contributed by atoms with van der Waals surface area (Å²) >= 11 is 3.05. The van der Waals surface area contributed by atoms with E-state index in [0.717, 1.165) is 0 Å². The van der Waals surface area contributed by atoms with Gasteiger partial charge in [-0.3, -0.25) is 4.57 Å². The zero-order valence-electron chi connectivity index (χ0n) is 10.3. The number of aromatic nitrogens is 3. The lowest BCUT2D eigenvalue weighted by molar-refractivity contribution is 0.569. The lowest BCUT2D eigenvalue weighted by Gasteiger charge is -2.07. The van der Waals surface area contributed by atoms with Crippen molar-refractivity contribution in [3.63, 3.8) is 0 Å². The molecule has 0 atom stereocenters. The predicted molar refractivity (Wildman–Crippen MR) is 76.4 cm³/mol. The Bertz CT molecular complexity index is 748. The summed E-state index contributed by atoms with van der Waals surface area (Å²) in [5.74, 6) is -0.207. The zero-order chi connectivity index (χ0) is 14.9. The molecule has 0 aliphatic carbocycles. The van der Waals surface area contributed by atoms with Crippen LogP contribution in [0.4, 0.5) is 4.39 Å². The van der Waals surface area contributed by atoms with Crippen LogP contribution in [0.25, 0.3) is 11.4 Å². The second-order valence-electron chi connectivity index (χ2n) is 4.02. The predicted octanol–water partition coefficient (Wildman–Crippen LogP) is 3.18. The highest BCUT2D eigenvalue weighted by molar-refractivity contribution is 9.10. The molecule has 20 heavy (non-hydrogen) atoms. The largest absolute Gasteiger partial charge is 0.297 e. The molecule has 0 spiro atoms. The van der Waals surface area contributed by atoms with Crippen LogP contribution in [0, 0.1) is 5.82 Å². The van der Waals surface area contributed by atoms with Gasteiger partial charge in [0.1, 0.15) is 5.82 Å². The van der Waals surface area contributed by atoms with Crippen molar-refractivity contribution in [2.24, 2.45) is 0 Å². The topological polar surface area (TPSA) is 64.8 Å². The maximum Gasteiger partial charge on any atom is 0.296 e. The Balaban J connectivity index is 2.62. The van der Waals surface area contributed by atoms with Crippen molar-refractivity contribution >= 4 is 35.7 Å². The summed E-state index contributed by atoms with van der Waals surface area (Å²) in [5, 5.41) is 7.07. The van der Waals surface area contributed by atoms with Gasteiger partial charge in [-0.15, -0.1) is 10.2 Å². The third kappa shape index (κ3) is 3.02. The number of halogens is 3. The maximum absolute atomic E-state index is 13.6. The first-order valence-corrected chi connectivity index (χ1v) is 8.78. The molecule has 0 aliphatic heterocycles. The maximum atomic E-state index is 13.6. The molecule has 0 fully saturated rings. The Morgan fingerprint density at radius 2 is 2.10 bits per heavy atom. The Hall–Kier alpha value is -0.990. The van der Waals surface area contributed by atoms with Gasteiger partial charge in [0, 0.05) is 22.8 Å². The molecular formula is C11H10BrClFN3O2S. The van der Waals surface area contributed by atoms with Crippen LogP contribution in [-0.4, -0.2) is 23.2 Å². The molecule has 2 aromatic rings. The van der Waals surface area contributed by atoms with Crippen LogP contribution >= 0.6 is 26.6 Å². The first-order valence-electron chi connectivity index (χ1n) is 5.68. The molecule has 2 rings (SSSR count). The monoisotopic (exact) mass is 381 g/mol. The van der Waals surface area contributed by atoms with Gasteiger partial charge in [0.2, 0.25) is 0 Å². The van der Waals surface area contributed by atoms with Gasteiger partial charge in [-0.1, -0.05) is 6.92 Å². The molecule has 0 radical (unpaired) electrons. The van der Waals surface area contributed by atoms with E-state index in [1.807, 2.05) is 6.92 Å². The molecule has 0 amide bonds. The van der Waals surface area contributed by atoms with Crippen molar-refractivity contribution in [1.29, 1.82) is 0 Å². The van der Waals surface area contributed by atoms with Crippen LogP contribution in [0.2, 0.25) is 0 Å². The smallest absolute Gasteiger partial charge is 0.296 e. The number of hydrogen-bond donors (Lipinski definition) is 0. The van der Waals surface area contributed by atoms with Gasteiger partial charge in [-0.25, -0.2) is 12.8 Å². The van der Waals surface area contributed by atoms with E-state index in [-0.39, 0.29) is 11.0 Å². The molecule has 1 aromatic carbocycles. The fourth-order valence-corrected chi connectivity index (χ4v) is 2.91. The van der Waals surface area contributed by atoms with E-state index >= 15 is 0 Å². The highest BCUT2D eigenvalue weighted by Crippen LogP contribution is 2.26. The first-order chi connectivity index (χ1) is 9.34. The van der Waals surface area contributed by atoms with E-state index in [9.17, 15) is 12.8 Å². The third-order valence-electron chi connectivity index (χ3n) is 2.56. The fraction of sp³-hybridized carbons (Fsp3) is 0.273. The number of rotatable bonds is 4. The van der Waals surface area contributed by atoms with E-state index in [0.29, 0.717) is 23.0 Å². The van der Waals surface area contributed by atoms with Crippen LogP contribution in [0.3, 0.4) is 0 Å². The van der Waals surface area contributed by atoms with E-state index in [1.54, 1.807) is 6.07 Å². The average molecular weight is 383 g/mol. The number of nitrogens with zero attached hydrogens (tertiary/aromatic N) is 3. The molecule has 108 valence electrons. The van der Waals surface area contributed by atoms with Crippen LogP contribution in [0.1, 0.15) is 13.3 Å². The summed E-state index contributed by atoms with van der Waals surface area (Å²) in [4.78, 5) is 0. The van der Waals surface area contributed by atoms with Gasteiger partial charge in [0.15, 0.2) is 5.82 Å². The van der Waals surface area contributed by atoms with Gasteiger partial charge in [0.25, 0.3) is 14.2 Å². The van der Waals surface area contributed by atoms with Crippen LogP contribution in [-0.2, 0) is 15.6 Å². The van der Waals surface area contributed by atoms with Crippen LogP contribution in [0.5, 0.6) is 0 Å². The first kappa shape index (κ1) is 15.4. The van der Waals surface area contributed by atoms with E-state index < -0.39 is 14.9 Å². The minimum Gasteiger partial charge on any atom is -0.297 e. The van der Waals surface area contributed by atoms with Crippen molar-refractivity contribution in [1.82, 2.24) is 14.8 Å². The quantitative estimate of drug-likeness (QED) is 0.762. The van der Waals surface area contributed by atoms with Gasteiger partial charge >= 0.3 is 0 Å². The number of hydrogen-bond acceptors (Lipinski definition) is 4. The molecule has 0 N–H and O–H groups in total. The molecule has 1 aromatic heterocycles. The summed E-state index contributed by atoms with van der Waals surface area (Å²) in [6.07, 6.45) is 0.656. The Morgan fingerprint density at radius 1 is 1.40 bits per heavy atom. The van der Waals surface area contributed by atoms with Gasteiger partial charge in [0.05, 0.1) is 4.47 Å². The highest BCUT2D eigenvalue weighted by Gasteiger charge is 2.23. The van der Waals surface area contributed by atoms with Crippen molar-refractivity contribution in [2.75, 3.05) is 0 Å². The third-order valence-corrected chi connectivity index (χ3v) is 4.36. The minimum atomic E-state index is -4.00. The molecule has 0 aliphatic rings. The second-order valence-corrected chi connectivity index (χ2v) is 7.34. The normalized spacial score (nSPS) is 11.8. The minimum absolute atomic E-state index is 0.262. The summed E-state index contributed by atoms with van der Waals surface area (Å²) in [6, 6.07) is 4.39. The van der Waals surface area contributed by atoms with Crippen LogP contribution in [0.15, 0.2) is 27.8 Å². The summed E-state index contributed by atoms with van der Waals surface area (Å²) in [7, 11) is 1.32. The molecule has 5 nitrogen and oxygen atoms in total. The highest BCUT2D eigenvalue weighted by atomic mass is 79.9. The zero-order valence-corrected chi connectivity index (χ0v) is 13.5. The lowest BCUT2D eigenvalue weighted by Crippen LogP contribution is -2.07. The molecule has 1 heterocycles. The summed E-state index contributed by atoms with van der Waals surface area (Å²) in [6.45, 7) is 2.23. The second kappa shape index (κ2) is 5.79. The summed E-state index contributed by atoms with van der Waals surface area (Å²) < 4.78 is 38.2. The van der Waals surface area contributed by atoms with E-state index in [1.165, 1.54) is 16.7 Å². The summed E-state index contributed by atoms with van der Waals surface area (Å²) in [5.41, 5.74) is 0.429. The van der Waals surface area contributed by atoms with Crippen LogP contribution < -0.4 is 0 Å². The van der Waals surface area contributed by atoms with Crippen molar-refractivity contribution < 1.29 is 12.8 Å². The van der Waals surface area contributed by atoms with Crippen molar-refractivity contribution in [3.05, 3.63) is 28.5 Å².